The van der Waals surface area contributed by atoms with E-state index in [1.165, 1.54) is 4.90 Å². The van der Waals surface area contributed by atoms with Crippen molar-refractivity contribution >= 4 is 17.7 Å². The molecule has 0 aliphatic carbocycles. The molecule has 28 heavy (non-hydrogen) atoms. The molecule has 1 aromatic carbocycles. The van der Waals surface area contributed by atoms with Crippen molar-refractivity contribution in [3.8, 4) is 0 Å². The summed E-state index contributed by atoms with van der Waals surface area (Å²) < 4.78 is 5.55. The Morgan fingerprint density at radius 1 is 1.18 bits per heavy atom. The summed E-state index contributed by atoms with van der Waals surface area (Å²) in [6, 6.07) is 4.81. The number of nitrogens with zero attached hydrogens (tertiary/aromatic N) is 1. The molecule has 0 saturated carbocycles. The molecule has 6 nitrogen and oxygen atoms in total. The van der Waals surface area contributed by atoms with Crippen molar-refractivity contribution in [2.24, 2.45) is 5.92 Å². The molecule has 2 heterocycles. The Hall–Kier alpha value is -2.21. The quantitative estimate of drug-likeness (QED) is 0.695. The Morgan fingerprint density at radius 2 is 1.93 bits per heavy atom. The van der Waals surface area contributed by atoms with E-state index in [-0.39, 0.29) is 36.4 Å². The number of hydrogen-bond acceptors (Lipinski definition) is 4. The Morgan fingerprint density at radius 3 is 2.61 bits per heavy atom. The van der Waals surface area contributed by atoms with E-state index in [1.807, 2.05) is 6.92 Å². The van der Waals surface area contributed by atoms with Crippen molar-refractivity contribution in [1.82, 2.24) is 10.2 Å². The van der Waals surface area contributed by atoms with Gasteiger partial charge in [-0.25, -0.2) is 0 Å². The molecule has 0 aromatic heterocycles. The average Bonchev–Trinajstić information content (AvgIpc) is 3.24. The van der Waals surface area contributed by atoms with Crippen LogP contribution in [0.2, 0.25) is 0 Å². The highest BCUT2D eigenvalue weighted by Gasteiger charge is 2.37. The van der Waals surface area contributed by atoms with Crippen LogP contribution in [0.4, 0.5) is 0 Å². The van der Waals surface area contributed by atoms with Crippen LogP contribution in [0.5, 0.6) is 0 Å². The van der Waals surface area contributed by atoms with Gasteiger partial charge in [0.2, 0.25) is 0 Å². The van der Waals surface area contributed by atoms with E-state index in [0.29, 0.717) is 29.2 Å². The summed E-state index contributed by atoms with van der Waals surface area (Å²) >= 11 is 0. The monoisotopic (exact) mass is 386 g/mol. The van der Waals surface area contributed by atoms with Gasteiger partial charge in [0, 0.05) is 18.2 Å². The molecule has 1 aromatic rings. The van der Waals surface area contributed by atoms with E-state index in [0.717, 1.165) is 32.1 Å². The summed E-state index contributed by atoms with van der Waals surface area (Å²) in [5.74, 6) is -0.196. The van der Waals surface area contributed by atoms with Crippen LogP contribution in [0.3, 0.4) is 0 Å². The highest BCUT2D eigenvalue weighted by atomic mass is 16.5. The first-order valence-corrected chi connectivity index (χ1v) is 10.3. The molecular weight excluding hydrogens is 356 g/mol. The molecule has 3 rings (SSSR count). The molecule has 152 valence electrons. The van der Waals surface area contributed by atoms with Crippen molar-refractivity contribution in [2.75, 3.05) is 13.2 Å². The predicted molar refractivity (Wildman–Crippen MR) is 106 cm³/mol. The second-order valence-electron chi connectivity index (χ2n) is 8.32. The molecule has 0 bridgehead atoms. The minimum absolute atomic E-state index is 0.0628. The van der Waals surface area contributed by atoms with Gasteiger partial charge in [-0.15, -0.1) is 0 Å². The first-order chi connectivity index (χ1) is 13.4. The van der Waals surface area contributed by atoms with Crippen molar-refractivity contribution < 1.29 is 19.1 Å². The van der Waals surface area contributed by atoms with Gasteiger partial charge in [0.15, 0.2) is 0 Å². The number of carbonyl (C=O) groups is 3. The van der Waals surface area contributed by atoms with E-state index >= 15 is 0 Å². The SMILES string of the molecule is CC(C)CCCC(C)NC(=O)c1ccc2c(c1)C(=O)N(CC1CCCO1)C2=O. The van der Waals surface area contributed by atoms with Gasteiger partial charge >= 0.3 is 0 Å². The summed E-state index contributed by atoms with van der Waals surface area (Å²) in [6.07, 6.45) is 4.84. The zero-order chi connectivity index (χ0) is 20.3. The summed E-state index contributed by atoms with van der Waals surface area (Å²) in [5.41, 5.74) is 1.09. The number of imide groups is 1. The Labute approximate surface area is 166 Å². The number of carbonyl (C=O) groups excluding carboxylic acids is 3. The molecule has 3 amide bonds. The second kappa shape index (κ2) is 8.86. The highest BCUT2D eigenvalue weighted by Crippen LogP contribution is 2.26. The maximum absolute atomic E-state index is 12.7. The molecule has 0 spiro atoms. The standard InChI is InChI=1S/C22H30N2O4/c1-14(2)6-4-7-15(3)23-20(25)16-9-10-18-19(12-16)22(27)24(21(18)26)13-17-8-5-11-28-17/h9-10,12,14-15,17H,4-8,11,13H2,1-3H3,(H,23,25). The molecular formula is C22H30N2O4. The third kappa shape index (κ3) is 4.61. The van der Waals surface area contributed by atoms with E-state index < -0.39 is 0 Å². The Balaban J connectivity index is 1.64. The largest absolute Gasteiger partial charge is 0.376 e. The number of fused-ring (bicyclic) bond motifs is 1. The third-order valence-electron chi connectivity index (χ3n) is 5.44. The number of hydrogen-bond donors (Lipinski definition) is 1. The Kier molecular flexibility index (Phi) is 6.50. The normalized spacial score (nSPS) is 20.0. The summed E-state index contributed by atoms with van der Waals surface area (Å²) in [7, 11) is 0. The summed E-state index contributed by atoms with van der Waals surface area (Å²) in [5, 5.41) is 2.99. The van der Waals surface area contributed by atoms with Gasteiger partial charge in [-0.05, 0) is 50.3 Å². The van der Waals surface area contributed by atoms with Gasteiger partial charge < -0.3 is 10.1 Å². The van der Waals surface area contributed by atoms with Gasteiger partial charge in [-0.2, -0.15) is 0 Å². The fourth-order valence-corrected chi connectivity index (χ4v) is 3.80. The van der Waals surface area contributed by atoms with Crippen molar-refractivity contribution in [3.05, 3.63) is 34.9 Å². The van der Waals surface area contributed by atoms with Crippen LogP contribution >= 0.6 is 0 Å². The molecule has 2 aliphatic heterocycles. The van der Waals surface area contributed by atoms with Crippen LogP contribution in [-0.2, 0) is 4.74 Å². The topological polar surface area (TPSA) is 75.7 Å². The van der Waals surface area contributed by atoms with Gasteiger partial charge in [-0.1, -0.05) is 26.7 Å². The fraction of sp³-hybridized carbons (Fsp3) is 0.591. The lowest BCUT2D eigenvalue weighted by atomic mass is 10.0. The first kappa shape index (κ1) is 20.5. The van der Waals surface area contributed by atoms with Crippen LogP contribution in [0, 0.1) is 5.92 Å². The number of ether oxygens (including phenoxy) is 1. The van der Waals surface area contributed by atoms with Crippen LogP contribution in [0.25, 0.3) is 0 Å². The van der Waals surface area contributed by atoms with Gasteiger partial charge in [0.25, 0.3) is 17.7 Å². The maximum atomic E-state index is 12.7. The lowest BCUT2D eigenvalue weighted by Crippen LogP contribution is -2.36. The number of rotatable bonds is 8. The van der Waals surface area contributed by atoms with Crippen molar-refractivity contribution in [2.45, 2.75) is 65.0 Å². The van der Waals surface area contributed by atoms with E-state index in [4.69, 9.17) is 4.74 Å². The lowest BCUT2D eigenvalue weighted by Gasteiger charge is -2.17. The minimum Gasteiger partial charge on any atom is -0.376 e. The highest BCUT2D eigenvalue weighted by molar-refractivity contribution is 6.22. The molecule has 2 atom stereocenters. The zero-order valence-corrected chi connectivity index (χ0v) is 17.0. The minimum atomic E-state index is -0.338. The zero-order valence-electron chi connectivity index (χ0n) is 17.0. The molecule has 2 unspecified atom stereocenters. The van der Waals surface area contributed by atoms with Gasteiger partial charge in [-0.3, -0.25) is 19.3 Å². The molecule has 2 aliphatic rings. The molecule has 1 fully saturated rings. The molecule has 1 saturated heterocycles. The smallest absolute Gasteiger partial charge is 0.261 e. The average molecular weight is 386 g/mol. The van der Waals surface area contributed by atoms with E-state index in [9.17, 15) is 14.4 Å². The van der Waals surface area contributed by atoms with Crippen LogP contribution in [0.15, 0.2) is 18.2 Å². The number of amides is 3. The Bertz CT molecular complexity index is 753. The molecule has 1 N–H and O–H groups in total. The van der Waals surface area contributed by atoms with Crippen LogP contribution < -0.4 is 5.32 Å². The third-order valence-corrected chi connectivity index (χ3v) is 5.44. The van der Waals surface area contributed by atoms with E-state index in [2.05, 4.69) is 19.2 Å². The second-order valence-corrected chi connectivity index (χ2v) is 8.32. The fourth-order valence-electron chi connectivity index (χ4n) is 3.80. The molecule has 0 radical (unpaired) electrons. The lowest BCUT2D eigenvalue weighted by molar-refractivity contribution is 0.0475. The van der Waals surface area contributed by atoms with Gasteiger partial charge in [0.05, 0.1) is 23.8 Å². The van der Waals surface area contributed by atoms with Crippen molar-refractivity contribution in [3.63, 3.8) is 0 Å². The first-order valence-electron chi connectivity index (χ1n) is 10.3. The predicted octanol–water partition coefficient (Wildman–Crippen LogP) is 3.41. The summed E-state index contributed by atoms with van der Waals surface area (Å²) in [6.45, 7) is 7.32. The van der Waals surface area contributed by atoms with Gasteiger partial charge in [0.1, 0.15) is 0 Å². The maximum Gasteiger partial charge on any atom is 0.261 e. The number of nitrogens with one attached hydrogen (secondary N) is 1. The van der Waals surface area contributed by atoms with E-state index in [1.54, 1.807) is 18.2 Å². The molecule has 6 heteroatoms. The van der Waals surface area contributed by atoms with Crippen LogP contribution in [0.1, 0.15) is 83.9 Å². The number of benzene rings is 1. The van der Waals surface area contributed by atoms with Crippen LogP contribution in [-0.4, -0.2) is 47.9 Å². The summed E-state index contributed by atoms with van der Waals surface area (Å²) in [4.78, 5) is 39.1. The van der Waals surface area contributed by atoms with Crippen molar-refractivity contribution in [1.29, 1.82) is 0 Å².